The number of nitrogens with one attached hydrogen (secondary N) is 1. The Bertz CT molecular complexity index is 868. The van der Waals surface area contributed by atoms with Crippen LogP contribution in [0.2, 0.25) is 0 Å². The lowest BCUT2D eigenvalue weighted by atomic mass is 10.1. The van der Waals surface area contributed by atoms with Crippen LogP contribution >= 0.6 is 11.3 Å². The Balaban J connectivity index is 1.95. The fraction of sp³-hybridized carbons (Fsp3) is 0.368. The largest absolute Gasteiger partial charge is 0.459 e. The molecule has 0 aliphatic heterocycles. The van der Waals surface area contributed by atoms with Gasteiger partial charge in [-0.25, -0.2) is 4.98 Å². The number of carbonyl (C=O) groups excluding carboxylic acids is 1. The molecule has 6 heteroatoms. The van der Waals surface area contributed by atoms with Crippen molar-refractivity contribution in [2.24, 2.45) is 0 Å². The van der Waals surface area contributed by atoms with Crippen LogP contribution < -0.4 is 9.80 Å². The number of furan rings is 1. The number of fused-ring (bicyclic) bond motifs is 1. The summed E-state index contributed by atoms with van der Waals surface area (Å²) < 4.78 is 6.44. The third-order valence-corrected chi connectivity index (χ3v) is 5.11. The molecule has 1 amide bonds. The van der Waals surface area contributed by atoms with Gasteiger partial charge in [-0.2, -0.15) is 0 Å². The predicted octanol–water partition coefficient (Wildman–Crippen LogP) is 2.69. The fourth-order valence-electron chi connectivity index (χ4n) is 2.88. The lowest BCUT2D eigenvalue weighted by molar-refractivity contribution is -0.858. The van der Waals surface area contributed by atoms with Crippen molar-refractivity contribution in [1.82, 2.24) is 4.98 Å². The van der Waals surface area contributed by atoms with Crippen molar-refractivity contribution in [3.63, 3.8) is 0 Å². The van der Waals surface area contributed by atoms with E-state index in [1.165, 1.54) is 16.7 Å². The van der Waals surface area contributed by atoms with Gasteiger partial charge >= 0.3 is 0 Å². The molecule has 1 N–H and O–H groups in total. The lowest BCUT2D eigenvalue weighted by Gasteiger charge is -2.19. The van der Waals surface area contributed by atoms with Gasteiger partial charge in [-0.3, -0.25) is 9.69 Å². The van der Waals surface area contributed by atoms with E-state index in [0.29, 0.717) is 12.3 Å². The molecule has 2 heterocycles. The fourth-order valence-corrected chi connectivity index (χ4v) is 4.05. The number of amides is 1. The number of hydrogen-bond donors (Lipinski definition) is 1. The number of hydrogen-bond acceptors (Lipinski definition) is 4. The molecular formula is C19H24N3O2S+. The van der Waals surface area contributed by atoms with Gasteiger partial charge in [-0.05, 0) is 43.2 Å². The average Bonchev–Trinajstić information content (AvgIpc) is 3.20. The van der Waals surface area contributed by atoms with E-state index in [2.05, 4.69) is 40.1 Å². The van der Waals surface area contributed by atoms with Crippen LogP contribution in [0, 0.1) is 13.8 Å². The van der Waals surface area contributed by atoms with Crippen molar-refractivity contribution in [3.8, 4) is 0 Å². The molecular weight excluding hydrogens is 334 g/mol. The van der Waals surface area contributed by atoms with Crippen molar-refractivity contribution in [3.05, 3.63) is 47.4 Å². The van der Waals surface area contributed by atoms with Crippen molar-refractivity contribution < 1.29 is 14.1 Å². The summed E-state index contributed by atoms with van der Waals surface area (Å²) in [6, 6.07) is 7.69. The summed E-state index contributed by atoms with van der Waals surface area (Å²) in [7, 11) is 4.23. The quantitative estimate of drug-likeness (QED) is 0.737. The molecule has 0 aliphatic carbocycles. The molecule has 1 aromatic carbocycles. The third kappa shape index (κ3) is 3.91. The Morgan fingerprint density at radius 1 is 1.32 bits per heavy atom. The topological polar surface area (TPSA) is 50.8 Å². The molecule has 0 fully saturated rings. The van der Waals surface area contributed by atoms with E-state index in [4.69, 9.17) is 9.40 Å². The van der Waals surface area contributed by atoms with Crippen LogP contribution in [0.15, 0.2) is 34.9 Å². The van der Waals surface area contributed by atoms with Crippen LogP contribution in [0.5, 0.6) is 0 Å². The summed E-state index contributed by atoms with van der Waals surface area (Å²) >= 11 is 1.56. The highest BCUT2D eigenvalue weighted by Crippen LogP contribution is 2.32. The first kappa shape index (κ1) is 17.6. The summed E-state index contributed by atoms with van der Waals surface area (Å²) in [5.41, 5.74) is 3.32. The minimum atomic E-state index is -0.132. The van der Waals surface area contributed by atoms with Gasteiger partial charge in [0.1, 0.15) is 0 Å². The molecule has 3 aromatic rings. The maximum atomic E-state index is 12.9. The van der Waals surface area contributed by atoms with Crippen LogP contribution in [0.3, 0.4) is 0 Å². The number of rotatable bonds is 6. The molecule has 0 aliphatic rings. The second-order valence-corrected chi connectivity index (χ2v) is 7.68. The molecule has 0 saturated carbocycles. The Hall–Kier alpha value is -2.18. The normalized spacial score (nSPS) is 11.4. The molecule has 3 rings (SSSR count). The molecule has 0 atom stereocenters. The molecule has 132 valence electrons. The zero-order valence-corrected chi connectivity index (χ0v) is 15.9. The number of thiazole rings is 1. The van der Waals surface area contributed by atoms with E-state index in [-0.39, 0.29) is 5.91 Å². The first-order valence-corrected chi connectivity index (χ1v) is 9.29. The Morgan fingerprint density at radius 2 is 2.12 bits per heavy atom. The molecule has 0 saturated heterocycles. The van der Waals surface area contributed by atoms with Crippen LogP contribution in [0.25, 0.3) is 10.2 Å². The van der Waals surface area contributed by atoms with Gasteiger partial charge in [0, 0.05) is 13.0 Å². The Morgan fingerprint density at radius 3 is 2.80 bits per heavy atom. The van der Waals surface area contributed by atoms with E-state index in [0.717, 1.165) is 33.9 Å². The zero-order chi connectivity index (χ0) is 18.0. The van der Waals surface area contributed by atoms with Crippen molar-refractivity contribution in [2.75, 3.05) is 32.1 Å². The van der Waals surface area contributed by atoms with Crippen LogP contribution in [-0.2, 0) is 0 Å². The van der Waals surface area contributed by atoms with Gasteiger partial charge in [0.15, 0.2) is 10.9 Å². The number of aromatic nitrogens is 1. The van der Waals surface area contributed by atoms with Gasteiger partial charge in [-0.15, -0.1) is 0 Å². The SMILES string of the molecule is Cc1cc(C)c2nc(N(CCC[NH+](C)C)C(=O)c3ccco3)sc2c1. The average molecular weight is 358 g/mol. The smallest absolute Gasteiger partial charge is 0.295 e. The van der Waals surface area contributed by atoms with Crippen LogP contribution in [0.1, 0.15) is 28.1 Å². The second-order valence-electron chi connectivity index (χ2n) is 6.67. The third-order valence-electron chi connectivity index (χ3n) is 4.09. The van der Waals surface area contributed by atoms with Gasteiger partial charge in [0.25, 0.3) is 5.91 Å². The first-order valence-electron chi connectivity index (χ1n) is 8.48. The van der Waals surface area contributed by atoms with Gasteiger partial charge in [0.05, 0.1) is 37.1 Å². The Kier molecular flexibility index (Phi) is 5.20. The summed E-state index contributed by atoms with van der Waals surface area (Å²) in [5.74, 6) is 0.219. The number of anilines is 1. The number of carbonyl (C=O) groups is 1. The van der Waals surface area contributed by atoms with Crippen LogP contribution in [0.4, 0.5) is 5.13 Å². The second kappa shape index (κ2) is 7.37. The highest BCUT2D eigenvalue weighted by molar-refractivity contribution is 7.22. The summed E-state index contributed by atoms with van der Waals surface area (Å²) in [5, 5.41) is 0.735. The molecule has 0 radical (unpaired) electrons. The van der Waals surface area contributed by atoms with Gasteiger partial charge in [-0.1, -0.05) is 17.4 Å². The van der Waals surface area contributed by atoms with Gasteiger partial charge in [0.2, 0.25) is 0 Å². The minimum absolute atomic E-state index is 0.132. The summed E-state index contributed by atoms with van der Waals surface area (Å²) in [6.07, 6.45) is 2.43. The van der Waals surface area contributed by atoms with Crippen molar-refractivity contribution in [1.29, 1.82) is 0 Å². The molecule has 0 bridgehead atoms. The number of quaternary nitrogens is 1. The Labute approximate surface area is 151 Å². The molecule has 25 heavy (non-hydrogen) atoms. The van der Waals surface area contributed by atoms with Crippen molar-refractivity contribution >= 4 is 32.6 Å². The van der Waals surface area contributed by atoms with E-state index in [1.54, 1.807) is 28.4 Å². The molecule has 0 unspecified atom stereocenters. The van der Waals surface area contributed by atoms with E-state index in [1.807, 2.05) is 0 Å². The highest BCUT2D eigenvalue weighted by Gasteiger charge is 2.23. The maximum absolute atomic E-state index is 12.9. The molecule has 2 aromatic heterocycles. The molecule has 0 spiro atoms. The standard InChI is InChI=1S/C19H23N3O2S/c1-13-11-14(2)17-16(12-13)25-19(20-17)22(9-6-8-21(3)4)18(23)15-7-5-10-24-15/h5,7,10-12H,6,8-9H2,1-4H3/p+1. The number of nitrogens with zero attached hydrogens (tertiary/aromatic N) is 2. The van der Waals surface area contributed by atoms with E-state index in [9.17, 15) is 4.79 Å². The lowest BCUT2D eigenvalue weighted by Crippen LogP contribution is -3.05. The maximum Gasteiger partial charge on any atom is 0.295 e. The number of aryl methyl sites for hydroxylation is 2. The van der Waals surface area contributed by atoms with Crippen molar-refractivity contribution in [2.45, 2.75) is 20.3 Å². The zero-order valence-electron chi connectivity index (χ0n) is 15.1. The first-order chi connectivity index (χ1) is 12.0. The van der Waals surface area contributed by atoms with Gasteiger partial charge < -0.3 is 9.32 Å². The van der Waals surface area contributed by atoms with E-state index < -0.39 is 0 Å². The minimum Gasteiger partial charge on any atom is -0.459 e. The number of benzene rings is 1. The molecule has 5 nitrogen and oxygen atoms in total. The highest BCUT2D eigenvalue weighted by atomic mass is 32.1. The van der Waals surface area contributed by atoms with Crippen LogP contribution in [-0.4, -0.2) is 38.1 Å². The monoisotopic (exact) mass is 358 g/mol. The summed E-state index contributed by atoms with van der Waals surface area (Å²) in [6.45, 7) is 5.76. The predicted molar refractivity (Wildman–Crippen MR) is 102 cm³/mol. The summed E-state index contributed by atoms with van der Waals surface area (Å²) in [4.78, 5) is 20.8. The van der Waals surface area contributed by atoms with E-state index >= 15 is 0 Å².